The van der Waals surface area contributed by atoms with E-state index in [4.69, 9.17) is 39.2 Å². The molecule has 1 aromatic rings. The first-order valence-electron chi connectivity index (χ1n) is 6.93. The number of carbonyl (C=O) groups excluding carboxylic acids is 1. The number of rotatable bonds is 7. The summed E-state index contributed by atoms with van der Waals surface area (Å²) in [5.74, 6) is 6.85. The van der Waals surface area contributed by atoms with Gasteiger partial charge in [-0.25, -0.2) is 0 Å². The SMILES string of the molecule is C#CC(OC)c1cc(C(N)=O)cc(C(C#C)OC)c1C(C#C)OC. The number of carbonyl (C=O) groups is 1. The van der Waals surface area contributed by atoms with Crippen molar-refractivity contribution in [2.75, 3.05) is 21.3 Å². The monoisotopic (exact) mass is 325 g/mol. The molecule has 0 aliphatic heterocycles. The number of nitrogens with two attached hydrogens (primary N) is 1. The van der Waals surface area contributed by atoms with Crippen LogP contribution in [0.4, 0.5) is 0 Å². The van der Waals surface area contributed by atoms with Gasteiger partial charge in [-0.1, -0.05) is 17.8 Å². The van der Waals surface area contributed by atoms with Crippen molar-refractivity contribution in [2.45, 2.75) is 18.3 Å². The first kappa shape index (κ1) is 19.3. The molecule has 1 rings (SSSR count). The fourth-order valence-corrected chi connectivity index (χ4v) is 2.42. The minimum absolute atomic E-state index is 0.213. The summed E-state index contributed by atoms with van der Waals surface area (Å²) < 4.78 is 15.9. The molecule has 2 N–H and O–H groups in total. The van der Waals surface area contributed by atoms with Gasteiger partial charge in [-0.2, -0.15) is 0 Å². The van der Waals surface area contributed by atoms with Crippen LogP contribution in [0.3, 0.4) is 0 Å². The second-order valence-electron chi connectivity index (χ2n) is 4.78. The average molecular weight is 325 g/mol. The molecule has 0 fully saturated rings. The van der Waals surface area contributed by atoms with E-state index in [1.807, 2.05) is 0 Å². The van der Waals surface area contributed by atoms with Gasteiger partial charge >= 0.3 is 0 Å². The Bertz CT molecular complexity index is 690. The zero-order chi connectivity index (χ0) is 18.3. The topological polar surface area (TPSA) is 70.8 Å². The molecule has 0 aliphatic rings. The maximum Gasteiger partial charge on any atom is 0.248 e. The van der Waals surface area contributed by atoms with E-state index in [2.05, 4.69) is 17.8 Å². The van der Waals surface area contributed by atoms with Crippen molar-refractivity contribution in [3.05, 3.63) is 34.4 Å². The molecule has 0 saturated carbocycles. The molecule has 0 bridgehead atoms. The van der Waals surface area contributed by atoms with Crippen LogP contribution in [0.2, 0.25) is 0 Å². The highest BCUT2D eigenvalue weighted by Gasteiger charge is 2.27. The molecule has 0 aliphatic carbocycles. The highest BCUT2D eigenvalue weighted by atomic mass is 16.5. The van der Waals surface area contributed by atoms with Crippen molar-refractivity contribution in [1.29, 1.82) is 0 Å². The number of hydrogen-bond acceptors (Lipinski definition) is 4. The minimum atomic E-state index is -0.765. The molecule has 5 heteroatoms. The molecule has 3 atom stereocenters. The Morgan fingerprint density at radius 1 is 0.917 bits per heavy atom. The quantitative estimate of drug-likeness (QED) is 0.775. The van der Waals surface area contributed by atoms with Crippen LogP contribution in [-0.4, -0.2) is 27.2 Å². The van der Waals surface area contributed by atoms with Crippen LogP contribution in [0, 0.1) is 37.0 Å². The summed E-state index contributed by atoms with van der Waals surface area (Å²) in [6.45, 7) is 0. The summed E-state index contributed by atoms with van der Waals surface area (Å²) in [7, 11) is 4.34. The summed E-state index contributed by atoms with van der Waals surface area (Å²) in [5, 5.41) is 0. The van der Waals surface area contributed by atoms with Crippen LogP contribution in [0.5, 0.6) is 0 Å². The molecule has 3 unspecified atom stereocenters. The molecule has 1 amide bonds. The zero-order valence-corrected chi connectivity index (χ0v) is 13.8. The Morgan fingerprint density at radius 2 is 1.29 bits per heavy atom. The molecule has 0 heterocycles. The molecule has 0 saturated heterocycles. The Labute approximate surface area is 142 Å². The molecule has 0 spiro atoms. The van der Waals surface area contributed by atoms with E-state index in [-0.39, 0.29) is 5.56 Å². The van der Waals surface area contributed by atoms with Gasteiger partial charge in [0.2, 0.25) is 5.91 Å². The normalized spacial score (nSPS) is 13.8. The second-order valence-corrected chi connectivity index (χ2v) is 4.78. The second kappa shape index (κ2) is 8.77. The Kier molecular flexibility index (Phi) is 7.05. The van der Waals surface area contributed by atoms with Crippen LogP contribution in [0.25, 0.3) is 0 Å². The van der Waals surface area contributed by atoms with Gasteiger partial charge in [-0.3, -0.25) is 4.79 Å². The van der Waals surface area contributed by atoms with Gasteiger partial charge in [0, 0.05) is 43.6 Å². The summed E-state index contributed by atoms with van der Waals surface area (Å²) in [6.07, 6.45) is 14.3. The van der Waals surface area contributed by atoms with Crippen LogP contribution in [0.15, 0.2) is 12.1 Å². The fraction of sp³-hybridized carbons (Fsp3) is 0.316. The minimum Gasteiger partial charge on any atom is -0.366 e. The summed E-state index contributed by atoms with van der Waals surface area (Å²) >= 11 is 0. The van der Waals surface area contributed by atoms with E-state index in [9.17, 15) is 4.79 Å². The van der Waals surface area contributed by atoms with Gasteiger partial charge in [0.15, 0.2) is 0 Å². The van der Waals surface area contributed by atoms with Gasteiger partial charge in [-0.05, 0) is 12.1 Å². The smallest absolute Gasteiger partial charge is 0.248 e. The van der Waals surface area contributed by atoms with Crippen molar-refractivity contribution in [3.8, 4) is 37.0 Å². The number of methoxy groups -OCH3 is 3. The number of benzene rings is 1. The first-order valence-corrected chi connectivity index (χ1v) is 6.93. The molecular formula is C19H19NO4. The number of ether oxygens (including phenoxy) is 3. The maximum absolute atomic E-state index is 11.7. The molecular weight excluding hydrogens is 306 g/mol. The summed E-state index contributed by atoms with van der Waals surface area (Å²) in [6, 6.07) is 3.06. The van der Waals surface area contributed by atoms with E-state index >= 15 is 0 Å². The van der Waals surface area contributed by atoms with Crippen molar-refractivity contribution in [1.82, 2.24) is 0 Å². The number of primary amides is 1. The van der Waals surface area contributed by atoms with Crippen molar-refractivity contribution >= 4 is 5.91 Å². The van der Waals surface area contributed by atoms with Crippen molar-refractivity contribution in [3.63, 3.8) is 0 Å². The third-order valence-electron chi connectivity index (χ3n) is 3.52. The van der Waals surface area contributed by atoms with Crippen LogP contribution in [-0.2, 0) is 14.2 Å². The molecule has 24 heavy (non-hydrogen) atoms. The van der Waals surface area contributed by atoms with Gasteiger partial charge < -0.3 is 19.9 Å². The van der Waals surface area contributed by atoms with Gasteiger partial charge in [0.05, 0.1) is 0 Å². The molecule has 0 radical (unpaired) electrons. The lowest BCUT2D eigenvalue weighted by atomic mass is 9.88. The van der Waals surface area contributed by atoms with E-state index < -0.39 is 24.2 Å². The number of hydrogen-bond donors (Lipinski definition) is 1. The fourth-order valence-electron chi connectivity index (χ4n) is 2.42. The molecule has 124 valence electrons. The van der Waals surface area contributed by atoms with Gasteiger partial charge in [0.25, 0.3) is 0 Å². The Hall–Kier alpha value is -2.75. The largest absolute Gasteiger partial charge is 0.366 e. The van der Waals surface area contributed by atoms with Crippen LogP contribution in [0.1, 0.15) is 45.4 Å². The lowest BCUT2D eigenvalue weighted by Gasteiger charge is -2.24. The highest BCUT2D eigenvalue weighted by Crippen LogP contribution is 2.35. The third kappa shape index (κ3) is 3.77. The third-order valence-corrected chi connectivity index (χ3v) is 3.52. The maximum atomic E-state index is 11.7. The van der Waals surface area contributed by atoms with Crippen LogP contribution < -0.4 is 5.73 Å². The number of amides is 1. The van der Waals surface area contributed by atoms with Gasteiger partial charge in [-0.15, -0.1) is 19.3 Å². The van der Waals surface area contributed by atoms with E-state index in [0.29, 0.717) is 16.7 Å². The standard InChI is InChI=1S/C19H19NO4/c1-7-15(22-4)13-10-12(19(20)21)11-14(16(8-2)23-5)18(13)17(9-3)24-6/h1-3,10-11,15-17H,4-6H3,(H2,20,21). The first-order chi connectivity index (χ1) is 11.5. The predicted octanol–water partition coefficient (Wildman–Crippen LogP) is 1.75. The zero-order valence-electron chi connectivity index (χ0n) is 13.8. The predicted molar refractivity (Wildman–Crippen MR) is 90.7 cm³/mol. The molecule has 5 nitrogen and oxygen atoms in total. The molecule has 1 aromatic carbocycles. The Balaban J connectivity index is 3.90. The van der Waals surface area contributed by atoms with E-state index in [1.54, 1.807) is 0 Å². The lowest BCUT2D eigenvalue weighted by molar-refractivity contribution is 0.0997. The van der Waals surface area contributed by atoms with Crippen molar-refractivity contribution in [2.24, 2.45) is 5.73 Å². The lowest BCUT2D eigenvalue weighted by Crippen LogP contribution is -2.18. The summed E-state index contributed by atoms with van der Waals surface area (Å²) in [5.41, 5.74) is 7.11. The van der Waals surface area contributed by atoms with E-state index in [0.717, 1.165) is 0 Å². The van der Waals surface area contributed by atoms with Crippen LogP contribution >= 0.6 is 0 Å². The van der Waals surface area contributed by atoms with E-state index in [1.165, 1.54) is 33.5 Å². The van der Waals surface area contributed by atoms with Gasteiger partial charge in [0.1, 0.15) is 18.3 Å². The molecule has 0 aromatic heterocycles. The Morgan fingerprint density at radius 3 is 1.54 bits per heavy atom. The summed E-state index contributed by atoms with van der Waals surface area (Å²) in [4.78, 5) is 11.7. The average Bonchev–Trinajstić information content (AvgIpc) is 2.59. The highest BCUT2D eigenvalue weighted by molar-refractivity contribution is 5.93. The number of terminal acetylenes is 3. The van der Waals surface area contributed by atoms with Crippen molar-refractivity contribution < 1.29 is 19.0 Å².